The van der Waals surface area contributed by atoms with Crippen LogP contribution in [0, 0.1) is 35.0 Å². The first-order valence-corrected chi connectivity index (χ1v) is 10.1. The van der Waals surface area contributed by atoms with Gasteiger partial charge in [-0.2, -0.15) is 0 Å². The lowest BCUT2D eigenvalue weighted by Gasteiger charge is -2.48. The van der Waals surface area contributed by atoms with Gasteiger partial charge in [-0.05, 0) is 76.5 Å². The summed E-state index contributed by atoms with van der Waals surface area (Å²) in [6.45, 7) is 10.3. The number of allylic oxidation sites excluding steroid dienone is 2. The van der Waals surface area contributed by atoms with Crippen molar-refractivity contribution in [1.82, 2.24) is 0 Å². The Balaban J connectivity index is 1.90. The summed E-state index contributed by atoms with van der Waals surface area (Å²) in [5, 5.41) is 0. The van der Waals surface area contributed by atoms with Gasteiger partial charge in [-0.1, -0.05) is 25.5 Å². The maximum absolute atomic E-state index is 12.8. The number of Topliss-reactive ketones (excluding diaryl/α,β-unsaturated/α-hetero) is 1. The van der Waals surface area contributed by atoms with Gasteiger partial charge >= 0.3 is 5.97 Å². The van der Waals surface area contributed by atoms with Crippen molar-refractivity contribution in [3.63, 3.8) is 0 Å². The highest BCUT2D eigenvalue weighted by molar-refractivity contribution is 5.82. The lowest BCUT2D eigenvalue weighted by atomic mass is 9.58. The van der Waals surface area contributed by atoms with Crippen LogP contribution in [-0.4, -0.2) is 17.9 Å². The van der Waals surface area contributed by atoms with Crippen molar-refractivity contribution in [3.05, 3.63) is 11.6 Å². The number of rotatable bonds is 2. The van der Waals surface area contributed by atoms with Gasteiger partial charge in [-0.3, -0.25) is 9.59 Å². The number of hydrogen-bond acceptors (Lipinski definition) is 3. The highest BCUT2D eigenvalue weighted by Crippen LogP contribution is 2.51. The van der Waals surface area contributed by atoms with E-state index < -0.39 is 5.41 Å². The standard InChI is InChI=1S/C22H34O3/c1-13(2)15-9-10-20(23)17-8-6-7-16-18(15)11-14(12-19(16)17)25-21(24)22(3,4)5/h7,13-15,17-19H,6,8-12H2,1-5H3/t14?,15-,17-,18?,19+/m1/s1. The van der Waals surface area contributed by atoms with E-state index in [1.54, 1.807) is 0 Å². The largest absolute Gasteiger partial charge is 0.462 e. The minimum absolute atomic E-state index is 0.0355. The van der Waals surface area contributed by atoms with Gasteiger partial charge in [0, 0.05) is 12.3 Å². The van der Waals surface area contributed by atoms with Crippen molar-refractivity contribution in [2.24, 2.45) is 35.0 Å². The number of carbonyl (C=O) groups excluding carboxylic acids is 2. The molecule has 4 bridgehead atoms. The molecular weight excluding hydrogens is 312 g/mol. The lowest BCUT2D eigenvalue weighted by Crippen LogP contribution is -2.45. The second kappa shape index (κ2) is 6.89. The molecule has 0 amide bonds. The molecule has 25 heavy (non-hydrogen) atoms. The van der Waals surface area contributed by atoms with Crippen molar-refractivity contribution in [2.45, 2.75) is 79.2 Å². The van der Waals surface area contributed by atoms with Crippen molar-refractivity contribution in [2.75, 3.05) is 0 Å². The quantitative estimate of drug-likeness (QED) is 0.525. The van der Waals surface area contributed by atoms with Gasteiger partial charge in [-0.15, -0.1) is 0 Å². The fourth-order valence-electron chi connectivity index (χ4n) is 5.27. The Hall–Kier alpha value is -1.12. The van der Waals surface area contributed by atoms with E-state index in [9.17, 15) is 9.59 Å². The maximum atomic E-state index is 12.8. The number of hydrogen-bond donors (Lipinski definition) is 0. The molecule has 0 heterocycles. The van der Waals surface area contributed by atoms with E-state index in [1.165, 1.54) is 5.57 Å². The Morgan fingerprint density at radius 3 is 2.44 bits per heavy atom. The van der Waals surface area contributed by atoms with Crippen LogP contribution in [0.3, 0.4) is 0 Å². The van der Waals surface area contributed by atoms with Crippen LogP contribution in [-0.2, 0) is 14.3 Å². The van der Waals surface area contributed by atoms with E-state index >= 15 is 0 Å². The van der Waals surface area contributed by atoms with Gasteiger partial charge in [0.2, 0.25) is 0 Å². The lowest BCUT2D eigenvalue weighted by molar-refractivity contribution is -0.162. The first-order chi connectivity index (χ1) is 11.7. The van der Waals surface area contributed by atoms with Crippen LogP contribution < -0.4 is 0 Å². The van der Waals surface area contributed by atoms with Crippen LogP contribution >= 0.6 is 0 Å². The first kappa shape index (κ1) is 18.7. The average molecular weight is 347 g/mol. The normalized spacial score (nSPS) is 35.7. The predicted octanol–water partition coefficient (Wildman–Crippen LogP) is 4.94. The molecule has 0 N–H and O–H groups in total. The molecule has 5 atom stereocenters. The Bertz CT molecular complexity index is 566. The van der Waals surface area contributed by atoms with Gasteiger partial charge in [0.25, 0.3) is 0 Å². The summed E-state index contributed by atoms with van der Waals surface area (Å²) in [5.74, 6) is 2.35. The Labute approximate surface area is 152 Å². The zero-order chi connectivity index (χ0) is 18.4. The van der Waals surface area contributed by atoms with Gasteiger partial charge in [0.1, 0.15) is 11.9 Å². The van der Waals surface area contributed by atoms with Crippen LogP contribution in [0.5, 0.6) is 0 Å². The first-order valence-electron chi connectivity index (χ1n) is 10.1. The van der Waals surface area contributed by atoms with E-state index in [1.807, 2.05) is 20.8 Å². The molecule has 0 saturated heterocycles. The zero-order valence-corrected chi connectivity index (χ0v) is 16.5. The third kappa shape index (κ3) is 3.71. The average Bonchev–Trinajstić information content (AvgIpc) is 2.52. The van der Waals surface area contributed by atoms with Crippen molar-refractivity contribution >= 4 is 11.8 Å². The van der Waals surface area contributed by atoms with Crippen molar-refractivity contribution in [1.29, 1.82) is 0 Å². The summed E-state index contributed by atoms with van der Waals surface area (Å²) >= 11 is 0. The molecule has 0 spiro atoms. The Kier molecular flexibility index (Phi) is 5.14. The molecule has 140 valence electrons. The van der Waals surface area contributed by atoms with E-state index in [0.29, 0.717) is 29.5 Å². The molecule has 3 aliphatic carbocycles. The molecule has 3 heteroatoms. The van der Waals surface area contributed by atoms with Crippen LogP contribution in [0.2, 0.25) is 0 Å². The Morgan fingerprint density at radius 1 is 1.12 bits per heavy atom. The molecule has 0 aromatic carbocycles. The Morgan fingerprint density at radius 2 is 1.80 bits per heavy atom. The van der Waals surface area contributed by atoms with Crippen LogP contribution in [0.1, 0.15) is 73.1 Å². The topological polar surface area (TPSA) is 43.4 Å². The van der Waals surface area contributed by atoms with Crippen LogP contribution in [0.25, 0.3) is 0 Å². The molecular formula is C22H34O3. The van der Waals surface area contributed by atoms with E-state index in [4.69, 9.17) is 4.74 Å². The fourth-order valence-corrected chi connectivity index (χ4v) is 5.27. The smallest absolute Gasteiger partial charge is 0.311 e. The number of esters is 1. The number of ether oxygens (including phenoxy) is 1. The SMILES string of the molecule is CC(C)[C@H]1CCC(=O)[C@@H]2CCC=C3C1CC(OC(=O)C(C)(C)C)C[C@@H]32. The van der Waals surface area contributed by atoms with Crippen molar-refractivity contribution in [3.8, 4) is 0 Å². The summed E-state index contributed by atoms with van der Waals surface area (Å²) in [4.78, 5) is 25.2. The molecule has 2 fully saturated rings. The molecule has 0 aromatic heterocycles. The van der Waals surface area contributed by atoms with E-state index in [2.05, 4.69) is 19.9 Å². The molecule has 3 rings (SSSR count). The highest BCUT2D eigenvalue weighted by Gasteiger charge is 2.47. The fraction of sp³-hybridized carbons (Fsp3) is 0.818. The summed E-state index contributed by atoms with van der Waals surface area (Å²) in [7, 11) is 0. The molecule has 2 unspecified atom stereocenters. The summed E-state index contributed by atoms with van der Waals surface area (Å²) < 4.78 is 5.94. The van der Waals surface area contributed by atoms with E-state index in [-0.39, 0.29) is 18.0 Å². The summed E-state index contributed by atoms with van der Waals surface area (Å²) in [6.07, 6.45) is 7.90. The van der Waals surface area contributed by atoms with Gasteiger partial charge in [-0.25, -0.2) is 0 Å². The van der Waals surface area contributed by atoms with Gasteiger partial charge in [0.05, 0.1) is 5.41 Å². The monoisotopic (exact) mass is 346 g/mol. The molecule has 3 nitrogen and oxygen atoms in total. The second-order valence-corrected chi connectivity index (χ2v) is 9.76. The van der Waals surface area contributed by atoms with Crippen LogP contribution in [0.15, 0.2) is 11.6 Å². The third-order valence-electron chi connectivity index (χ3n) is 6.63. The zero-order valence-electron chi connectivity index (χ0n) is 16.5. The molecule has 2 saturated carbocycles. The maximum Gasteiger partial charge on any atom is 0.311 e. The number of carbonyl (C=O) groups is 2. The second-order valence-electron chi connectivity index (χ2n) is 9.76. The highest BCUT2D eigenvalue weighted by atomic mass is 16.5. The predicted molar refractivity (Wildman–Crippen MR) is 98.9 cm³/mol. The summed E-state index contributed by atoms with van der Waals surface area (Å²) in [6, 6.07) is 0. The molecule has 0 aromatic rings. The minimum atomic E-state index is -0.470. The molecule has 0 aliphatic heterocycles. The third-order valence-corrected chi connectivity index (χ3v) is 6.63. The van der Waals surface area contributed by atoms with Gasteiger partial charge < -0.3 is 4.74 Å². The van der Waals surface area contributed by atoms with E-state index in [0.717, 1.165) is 38.5 Å². The minimum Gasteiger partial charge on any atom is -0.462 e. The molecule has 3 aliphatic rings. The van der Waals surface area contributed by atoms with Crippen molar-refractivity contribution < 1.29 is 14.3 Å². The summed E-state index contributed by atoms with van der Waals surface area (Å²) in [5.41, 5.74) is 1.05. The molecule has 0 radical (unpaired) electrons. The van der Waals surface area contributed by atoms with Gasteiger partial charge in [0.15, 0.2) is 0 Å². The van der Waals surface area contributed by atoms with Crippen LogP contribution in [0.4, 0.5) is 0 Å². The number of ketones is 1.